The molecular formula is C24H20N2O4. The lowest BCUT2D eigenvalue weighted by Crippen LogP contribution is -2.13. The summed E-state index contributed by atoms with van der Waals surface area (Å²) in [5, 5.41) is 5.58. The van der Waals surface area contributed by atoms with Crippen LogP contribution in [0.5, 0.6) is 0 Å². The quantitative estimate of drug-likeness (QED) is 0.437. The van der Waals surface area contributed by atoms with E-state index in [2.05, 4.69) is 10.6 Å². The Bertz CT molecular complexity index is 1110. The summed E-state index contributed by atoms with van der Waals surface area (Å²) in [5.74, 6) is 1.35. The van der Waals surface area contributed by atoms with Crippen LogP contribution in [-0.4, -0.2) is 11.8 Å². The lowest BCUT2D eigenvalue weighted by atomic mass is 10.2. The van der Waals surface area contributed by atoms with E-state index < -0.39 is 0 Å². The molecule has 2 heterocycles. The van der Waals surface area contributed by atoms with E-state index in [4.69, 9.17) is 8.83 Å². The molecule has 0 bridgehead atoms. The zero-order valence-electron chi connectivity index (χ0n) is 16.1. The number of aryl methyl sites for hydroxylation is 1. The maximum atomic E-state index is 12.2. The molecule has 0 radical (unpaired) electrons. The first-order chi connectivity index (χ1) is 14.7. The van der Waals surface area contributed by atoms with Crippen LogP contribution in [-0.2, 0) is 11.2 Å². The fourth-order valence-corrected chi connectivity index (χ4v) is 2.97. The predicted molar refractivity (Wildman–Crippen MR) is 114 cm³/mol. The Morgan fingerprint density at radius 3 is 2.20 bits per heavy atom. The number of carbonyl (C=O) groups excluding carboxylic acids is 2. The minimum atomic E-state index is -0.329. The van der Waals surface area contributed by atoms with Gasteiger partial charge < -0.3 is 19.5 Å². The normalized spacial score (nSPS) is 10.5. The van der Waals surface area contributed by atoms with Crippen LogP contribution >= 0.6 is 0 Å². The van der Waals surface area contributed by atoms with Crippen LogP contribution in [0.2, 0.25) is 0 Å². The van der Waals surface area contributed by atoms with E-state index in [1.807, 2.05) is 42.5 Å². The first-order valence-corrected chi connectivity index (χ1v) is 9.56. The molecule has 2 aromatic heterocycles. The van der Waals surface area contributed by atoms with E-state index in [9.17, 15) is 9.59 Å². The number of hydrogen-bond donors (Lipinski definition) is 2. The third-order valence-corrected chi connectivity index (χ3v) is 4.49. The summed E-state index contributed by atoms with van der Waals surface area (Å²) in [4.78, 5) is 24.2. The van der Waals surface area contributed by atoms with Gasteiger partial charge in [-0.05, 0) is 48.5 Å². The van der Waals surface area contributed by atoms with Gasteiger partial charge in [-0.15, -0.1) is 0 Å². The van der Waals surface area contributed by atoms with Crippen molar-refractivity contribution < 1.29 is 18.4 Å². The van der Waals surface area contributed by atoms with Gasteiger partial charge in [-0.3, -0.25) is 9.59 Å². The van der Waals surface area contributed by atoms with Crippen molar-refractivity contribution in [3.63, 3.8) is 0 Å². The number of hydrogen-bond acceptors (Lipinski definition) is 4. The van der Waals surface area contributed by atoms with Gasteiger partial charge >= 0.3 is 0 Å². The van der Waals surface area contributed by atoms with Gasteiger partial charge in [-0.25, -0.2) is 0 Å². The molecule has 2 aromatic carbocycles. The van der Waals surface area contributed by atoms with E-state index in [1.165, 1.54) is 6.26 Å². The Labute approximate surface area is 173 Å². The molecule has 0 aliphatic rings. The Balaban J connectivity index is 1.27. The Morgan fingerprint density at radius 1 is 0.767 bits per heavy atom. The third kappa shape index (κ3) is 4.86. The van der Waals surface area contributed by atoms with Gasteiger partial charge in [0.05, 0.1) is 6.26 Å². The van der Waals surface area contributed by atoms with Gasteiger partial charge in [0.1, 0.15) is 11.5 Å². The molecule has 0 aliphatic heterocycles. The summed E-state index contributed by atoms with van der Waals surface area (Å²) < 4.78 is 10.9. The van der Waals surface area contributed by atoms with Crippen molar-refractivity contribution in [1.29, 1.82) is 0 Å². The van der Waals surface area contributed by atoms with Crippen LogP contribution in [0.4, 0.5) is 11.4 Å². The molecule has 30 heavy (non-hydrogen) atoms. The van der Waals surface area contributed by atoms with E-state index in [-0.39, 0.29) is 17.6 Å². The molecule has 6 heteroatoms. The van der Waals surface area contributed by atoms with Crippen molar-refractivity contribution in [2.75, 3.05) is 10.6 Å². The zero-order chi connectivity index (χ0) is 20.8. The fraction of sp³-hybridized carbons (Fsp3) is 0.0833. The van der Waals surface area contributed by atoms with Crippen LogP contribution in [0, 0.1) is 0 Å². The number of carbonyl (C=O) groups is 2. The molecule has 6 nitrogen and oxygen atoms in total. The number of amides is 2. The summed E-state index contributed by atoms with van der Waals surface area (Å²) in [6.45, 7) is 0. The van der Waals surface area contributed by atoms with Crippen LogP contribution < -0.4 is 10.6 Å². The second kappa shape index (κ2) is 8.96. The fourth-order valence-electron chi connectivity index (χ4n) is 2.97. The summed E-state index contributed by atoms with van der Waals surface area (Å²) in [7, 11) is 0. The van der Waals surface area contributed by atoms with Crippen molar-refractivity contribution >= 4 is 23.2 Å². The van der Waals surface area contributed by atoms with Crippen molar-refractivity contribution in [3.8, 4) is 11.3 Å². The molecule has 0 unspecified atom stereocenters. The number of rotatable bonds is 7. The minimum Gasteiger partial charge on any atom is -0.461 e. The highest BCUT2D eigenvalue weighted by molar-refractivity contribution is 6.02. The minimum absolute atomic E-state index is 0.111. The molecule has 0 atom stereocenters. The van der Waals surface area contributed by atoms with Gasteiger partial charge in [0.2, 0.25) is 5.91 Å². The second-order valence-electron chi connectivity index (χ2n) is 6.69. The number of nitrogens with one attached hydrogen (secondary N) is 2. The molecule has 150 valence electrons. The first-order valence-electron chi connectivity index (χ1n) is 9.56. The predicted octanol–water partition coefficient (Wildman–Crippen LogP) is 5.36. The van der Waals surface area contributed by atoms with Crippen molar-refractivity contribution in [2.45, 2.75) is 12.8 Å². The van der Waals surface area contributed by atoms with Crippen LogP contribution in [0.25, 0.3) is 11.3 Å². The Hall–Kier alpha value is -4.06. The molecule has 2 N–H and O–H groups in total. The topological polar surface area (TPSA) is 84.5 Å². The standard InChI is InChI=1S/C24H20N2O4/c27-23(15-13-20-12-14-21(30-20)17-5-2-1-3-6-17)25-18-8-10-19(11-9-18)26-24(28)22-7-4-16-29-22/h1-12,14,16H,13,15H2,(H,25,27)(H,26,28). The monoisotopic (exact) mass is 400 g/mol. The molecule has 0 spiro atoms. The van der Waals surface area contributed by atoms with Crippen molar-refractivity contribution in [2.24, 2.45) is 0 Å². The van der Waals surface area contributed by atoms with Crippen molar-refractivity contribution in [3.05, 3.63) is 96.6 Å². The summed E-state index contributed by atoms with van der Waals surface area (Å²) in [6, 6.07) is 23.8. The van der Waals surface area contributed by atoms with Crippen LogP contribution in [0.15, 0.2) is 94.0 Å². The van der Waals surface area contributed by atoms with E-state index >= 15 is 0 Å². The molecule has 4 rings (SSSR count). The van der Waals surface area contributed by atoms with Gasteiger partial charge in [-0.1, -0.05) is 30.3 Å². The molecule has 2 amide bonds. The Kier molecular flexibility index (Phi) is 5.75. The summed E-state index contributed by atoms with van der Waals surface area (Å²) in [6.07, 6.45) is 2.26. The van der Waals surface area contributed by atoms with E-state index in [0.717, 1.165) is 17.1 Å². The summed E-state index contributed by atoms with van der Waals surface area (Å²) >= 11 is 0. The highest BCUT2D eigenvalue weighted by Crippen LogP contribution is 2.22. The zero-order valence-corrected chi connectivity index (χ0v) is 16.1. The number of anilines is 2. The molecule has 0 fully saturated rings. The molecule has 0 saturated carbocycles. The van der Waals surface area contributed by atoms with Crippen molar-refractivity contribution in [1.82, 2.24) is 0 Å². The third-order valence-electron chi connectivity index (χ3n) is 4.49. The van der Waals surface area contributed by atoms with Gasteiger partial charge in [-0.2, -0.15) is 0 Å². The number of furan rings is 2. The molecule has 0 aliphatic carbocycles. The highest BCUT2D eigenvalue weighted by Gasteiger charge is 2.10. The smallest absolute Gasteiger partial charge is 0.291 e. The Morgan fingerprint density at radius 2 is 1.50 bits per heavy atom. The van der Waals surface area contributed by atoms with E-state index in [1.54, 1.807) is 36.4 Å². The van der Waals surface area contributed by atoms with Crippen LogP contribution in [0.3, 0.4) is 0 Å². The number of benzene rings is 2. The lowest BCUT2D eigenvalue weighted by Gasteiger charge is -2.07. The highest BCUT2D eigenvalue weighted by atomic mass is 16.3. The first kappa shape index (κ1) is 19.3. The SMILES string of the molecule is O=C(CCc1ccc(-c2ccccc2)o1)Nc1ccc(NC(=O)c2ccco2)cc1. The molecule has 4 aromatic rings. The van der Waals surface area contributed by atoms with Gasteiger partial charge in [0, 0.05) is 29.8 Å². The van der Waals surface area contributed by atoms with Crippen LogP contribution in [0.1, 0.15) is 22.7 Å². The average Bonchev–Trinajstić information content (AvgIpc) is 3.47. The van der Waals surface area contributed by atoms with Gasteiger partial charge in [0.25, 0.3) is 5.91 Å². The largest absolute Gasteiger partial charge is 0.461 e. The lowest BCUT2D eigenvalue weighted by molar-refractivity contribution is -0.116. The van der Waals surface area contributed by atoms with E-state index in [0.29, 0.717) is 24.2 Å². The maximum absolute atomic E-state index is 12.2. The summed E-state index contributed by atoms with van der Waals surface area (Å²) in [5.41, 5.74) is 2.27. The maximum Gasteiger partial charge on any atom is 0.291 e. The average molecular weight is 400 g/mol. The second-order valence-corrected chi connectivity index (χ2v) is 6.69. The molecule has 0 saturated heterocycles. The van der Waals surface area contributed by atoms with Gasteiger partial charge in [0.15, 0.2) is 5.76 Å². The molecular weight excluding hydrogens is 380 g/mol.